The topological polar surface area (TPSA) is 107 Å². The fourth-order valence-corrected chi connectivity index (χ4v) is 1.61. The van der Waals surface area contributed by atoms with Crippen LogP contribution in [0.15, 0.2) is 30.5 Å². The minimum atomic E-state index is -1.16. The van der Waals surface area contributed by atoms with Crippen LogP contribution in [-0.2, 0) is 4.74 Å². The van der Waals surface area contributed by atoms with Gasteiger partial charge in [-0.1, -0.05) is 6.07 Å². The maximum Gasteiger partial charge on any atom is 0.341 e. The summed E-state index contributed by atoms with van der Waals surface area (Å²) in [5.74, 6) is -1.66. The number of carboxylic acids is 1. The SMILES string of the molecule is COC(=O)c1cccc(-n2ncc(C(=O)O)c2N)c1. The molecule has 0 fully saturated rings. The van der Waals surface area contributed by atoms with E-state index in [9.17, 15) is 9.59 Å². The Morgan fingerprint density at radius 2 is 2.16 bits per heavy atom. The van der Waals surface area contributed by atoms with Crippen LogP contribution in [0.1, 0.15) is 20.7 Å². The van der Waals surface area contributed by atoms with E-state index in [-0.39, 0.29) is 11.4 Å². The molecule has 0 aliphatic carbocycles. The van der Waals surface area contributed by atoms with Gasteiger partial charge in [-0.05, 0) is 18.2 Å². The zero-order valence-corrected chi connectivity index (χ0v) is 10.0. The smallest absolute Gasteiger partial charge is 0.341 e. The maximum absolute atomic E-state index is 11.4. The molecule has 2 aromatic rings. The third-order valence-electron chi connectivity index (χ3n) is 2.55. The van der Waals surface area contributed by atoms with Gasteiger partial charge in [0.25, 0.3) is 0 Å². The lowest BCUT2D eigenvalue weighted by Gasteiger charge is -2.06. The second-order valence-electron chi connectivity index (χ2n) is 3.70. The van der Waals surface area contributed by atoms with Gasteiger partial charge in [0, 0.05) is 0 Å². The van der Waals surface area contributed by atoms with Crippen molar-refractivity contribution in [2.45, 2.75) is 0 Å². The van der Waals surface area contributed by atoms with Crippen LogP contribution in [0.5, 0.6) is 0 Å². The second-order valence-corrected chi connectivity index (χ2v) is 3.70. The molecule has 1 aromatic carbocycles. The third-order valence-corrected chi connectivity index (χ3v) is 2.55. The standard InChI is InChI=1S/C12H11N3O4/c1-19-12(18)7-3-2-4-8(5-7)15-10(13)9(6-14-15)11(16)17/h2-6H,13H2,1H3,(H,16,17). The summed E-state index contributed by atoms with van der Waals surface area (Å²) < 4.78 is 5.85. The van der Waals surface area contributed by atoms with E-state index in [0.717, 1.165) is 6.20 Å². The van der Waals surface area contributed by atoms with Gasteiger partial charge in [0.1, 0.15) is 11.4 Å². The number of hydrogen-bond donors (Lipinski definition) is 2. The number of esters is 1. The van der Waals surface area contributed by atoms with Gasteiger partial charge in [0.15, 0.2) is 0 Å². The highest BCUT2D eigenvalue weighted by Gasteiger charge is 2.15. The van der Waals surface area contributed by atoms with Gasteiger partial charge in [-0.2, -0.15) is 5.10 Å². The van der Waals surface area contributed by atoms with Crippen LogP contribution in [-0.4, -0.2) is 33.9 Å². The van der Waals surface area contributed by atoms with E-state index in [2.05, 4.69) is 9.84 Å². The molecule has 0 aliphatic heterocycles. The molecule has 0 atom stereocenters. The van der Waals surface area contributed by atoms with Crippen LogP contribution in [0.3, 0.4) is 0 Å². The molecule has 2 rings (SSSR count). The minimum absolute atomic E-state index is 0.00508. The van der Waals surface area contributed by atoms with E-state index in [1.165, 1.54) is 17.9 Å². The molecule has 19 heavy (non-hydrogen) atoms. The number of methoxy groups -OCH3 is 1. The third kappa shape index (κ3) is 2.25. The highest BCUT2D eigenvalue weighted by atomic mass is 16.5. The van der Waals surface area contributed by atoms with Gasteiger partial charge in [0.2, 0.25) is 0 Å². The Morgan fingerprint density at radius 1 is 1.42 bits per heavy atom. The Bertz CT molecular complexity index is 648. The normalized spacial score (nSPS) is 10.2. The lowest BCUT2D eigenvalue weighted by Crippen LogP contribution is -2.07. The molecule has 7 heteroatoms. The van der Waals surface area contributed by atoms with E-state index in [1.54, 1.807) is 18.2 Å². The van der Waals surface area contributed by atoms with E-state index >= 15 is 0 Å². The fourth-order valence-electron chi connectivity index (χ4n) is 1.61. The first-order valence-corrected chi connectivity index (χ1v) is 5.30. The van der Waals surface area contributed by atoms with Crippen LogP contribution >= 0.6 is 0 Å². The van der Waals surface area contributed by atoms with Crippen LogP contribution in [0, 0.1) is 0 Å². The van der Waals surface area contributed by atoms with E-state index in [4.69, 9.17) is 10.8 Å². The molecular formula is C12H11N3O4. The minimum Gasteiger partial charge on any atom is -0.477 e. The molecule has 0 radical (unpaired) electrons. The number of hydrogen-bond acceptors (Lipinski definition) is 5. The number of nitrogens with zero attached hydrogens (tertiary/aromatic N) is 2. The number of carboxylic acid groups (broad SMARTS) is 1. The number of aromatic carboxylic acids is 1. The maximum atomic E-state index is 11.4. The molecule has 98 valence electrons. The summed E-state index contributed by atoms with van der Waals surface area (Å²) in [6.07, 6.45) is 1.16. The predicted octanol–water partition coefficient (Wildman–Crippen LogP) is 0.939. The van der Waals surface area contributed by atoms with E-state index in [1.807, 2.05) is 0 Å². The van der Waals surface area contributed by atoms with Crippen molar-refractivity contribution in [3.63, 3.8) is 0 Å². The Morgan fingerprint density at radius 3 is 2.74 bits per heavy atom. The van der Waals surface area contributed by atoms with E-state index in [0.29, 0.717) is 11.3 Å². The number of carbonyl (C=O) groups is 2. The van der Waals surface area contributed by atoms with Crippen LogP contribution in [0.25, 0.3) is 5.69 Å². The summed E-state index contributed by atoms with van der Waals surface area (Å²) >= 11 is 0. The first-order valence-electron chi connectivity index (χ1n) is 5.30. The average molecular weight is 261 g/mol. The molecule has 0 bridgehead atoms. The van der Waals surface area contributed by atoms with Crippen molar-refractivity contribution in [1.82, 2.24) is 9.78 Å². The monoisotopic (exact) mass is 261 g/mol. The molecule has 1 heterocycles. The number of nitrogens with two attached hydrogens (primary N) is 1. The number of ether oxygens (including phenoxy) is 1. The number of rotatable bonds is 3. The first-order chi connectivity index (χ1) is 9.04. The lowest BCUT2D eigenvalue weighted by atomic mass is 10.2. The van der Waals surface area contributed by atoms with Gasteiger partial charge in [-0.25, -0.2) is 14.3 Å². The molecule has 0 unspecified atom stereocenters. The van der Waals surface area contributed by atoms with Crippen LogP contribution < -0.4 is 5.73 Å². The second kappa shape index (κ2) is 4.81. The number of anilines is 1. The Hall–Kier alpha value is -2.83. The molecular weight excluding hydrogens is 250 g/mol. The molecule has 0 saturated heterocycles. The quantitative estimate of drug-likeness (QED) is 0.796. The predicted molar refractivity (Wildman–Crippen MR) is 66.3 cm³/mol. The Kier molecular flexibility index (Phi) is 3.19. The molecule has 3 N–H and O–H groups in total. The van der Waals surface area contributed by atoms with Crippen molar-refractivity contribution < 1.29 is 19.4 Å². The molecule has 0 aliphatic rings. The summed E-state index contributed by atoms with van der Waals surface area (Å²) in [7, 11) is 1.28. The van der Waals surface area contributed by atoms with Crippen LogP contribution in [0.4, 0.5) is 5.82 Å². The largest absolute Gasteiger partial charge is 0.477 e. The average Bonchev–Trinajstić information content (AvgIpc) is 2.80. The summed E-state index contributed by atoms with van der Waals surface area (Å²) in [4.78, 5) is 22.3. The van der Waals surface area contributed by atoms with Crippen LogP contribution in [0.2, 0.25) is 0 Å². The highest BCUT2D eigenvalue weighted by molar-refractivity contribution is 5.93. The van der Waals surface area contributed by atoms with Gasteiger partial charge in [-0.3, -0.25) is 0 Å². The van der Waals surface area contributed by atoms with Gasteiger partial charge < -0.3 is 15.6 Å². The van der Waals surface area contributed by atoms with Gasteiger partial charge in [-0.15, -0.1) is 0 Å². The number of carbonyl (C=O) groups excluding carboxylic acids is 1. The van der Waals surface area contributed by atoms with Crippen molar-refractivity contribution >= 4 is 17.8 Å². The van der Waals surface area contributed by atoms with Crippen molar-refractivity contribution in [1.29, 1.82) is 0 Å². The zero-order valence-electron chi connectivity index (χ0n) is 10.0. The summed E-state index contributed by atoms with van der Waals surface area (Å²) in [5, 5.41) is 12.8. The Balaban J connectivity index is 2.48. The van der Waals surface area contributed by atoms with Crippen molar-refractivity contribution in [2.24, 2.45) is 0 Å². The number of benzene rings is 1. The lowest BCUT2D eigenvalue weighted by molar-refractivity contribution is 0.0599. The molecule has 0 saturated carbocycles. The zero-order chi connectivity index (χ0) is 14.0. The van der Waals surface area contributed by atoms with Gasteiger partial charge >= 0.3 is 11.9 Å². The summed E-state index contributed by atoms with van der Waals surface area (Å²) in [6, 6.07) is 6.37. The Labute approximate surface area is 108 Å². The summed E-state index contributed by atoms with van der Waals surface area (Å²) in [6.45, 7) is 0. The van der Waals surface area contributed by atoms with E-state index < -0.39 is 11.9 Å². The summed E-state index contributed by atoms with van der Waals surface area (Å²) in [5.41, 5.74) is 6.41. The number of nitrogen functional groups attached to an aromatic ring is 1. The van der Waals surface area contributed by atoms with Crippen molar-refractivity contribution in [3.8, 4) is 5.69 Å². The van der Waals surface area contributed by atoms with Crippen molar-refractivity contribution in [3.05, 3.63) is 41.6 Å². The highest BCUT2D eigenvalue weighted by Crippen LogP contribution is 2.18. The molecule has 0 spiro atoms. The fraction of sp³-hybridized carbons (Fsp3) is 0.0833. The van der Waals surface area contributed by atoms with Crippen molar-refractivity contribution in [2.75, 3.05) is 12.8 Å². The molecule has 0 amide bonds. The first kappa shape index (κ1) is 12.6. The van der Waals surface area contributed by atoms with Gasteiger partial charge in [0.05, 0.1) is 24.6 Å². The number of aromatic nitrogens is 2. The molecule has 1 aromatic heterocycles. The molecule has 7 nitrogen and oxygen atoms in total.